The molecule has 1 aliphatic heterocycles. The predicted molar refractivity (Wildman–Crippen MR) is 76.6 cm³/mol. The van der Waals surface area contributed by atoms with Crippen molar-refractivity contribution in [2.45, 2.75) is 32.0 Å². The molecular formula is C15H18FN3O2. The Balaban J connectivity index is 1.55. The summed E-state index contributed by atoms with van der Waals surface area (Å²) >= 11 is 0. The number of hydrogen-bond donors (Lipinski definition) is 2. The summed E-state index contributed by atoms with van der Waals surface area (Å²) in [7, 11) is 0. The van der Waals surface area contributed by atoms with E-state index in [1.165, 1.54) is 12.1 Å². The van der Waals surface area contributed by atoms with E-state index in [4.69, 9.17) is 9.84 Å². The first-order valence-electron chi connectivity index (χ1n) is 7.06. The number of rotatable bonds is 5. The Morgan fingerprint density at radius 3 is 3.14 bits per heavy atom. The molecule has 0 amide bonds. The number of anilines is 1. The number of nitrogens with one attached hydrogen (secondary N) is 1. The Hall–Kier alpha value is -2.08. The monoisotopic (exact) mass is 291 g/mol. The van der Waals surface area contributed by atoms with Crippen molar-refractivity contribution in [2.75, 3.05) is 11.9 Å². The fourth-order valence-corrected chi connectivity index (χ4v) is 2.42. The summed E-state index contributed by atoms with van der Waals surface area (Å²) < 4.78 is 20.7. The number of benzene rings is 1. The lowest BCUT2D eigenvalue weighted by Gasteiger charge is -2.08. The van der Waals surface area contributed by atoms with E-state index in [9.17, 15) is 4.39 Å². The van der Waals surface area contributed by atoms with E-state index in [0.717, 1.165) is 37.2 Å². The highest BCUT2D eigenvalue weighted by Crippen LogP contribution is 2.18. The first kappa shape index (κ1) is 13.9. The fraction of sp³-hybridized carbons (Fsp3) is 0.400. The van der Waals surface area contributed by atoms with Crippen LogP contribution in [0.1, 0.15) is 18.4 Å². The van der Waals surface area contributed by atoms with Gasteiger partial charge >= 0.3 is 0 Å². The van der Waals surface area contributed by atoms with Crippen molar-refractivity contribution < 1.29 is 14.2 Å². The maximum atomic E-state index is 13.2. The first-order valence-corrected chi connectivity index (χ1v) is 7.06. The number of halogens is 1. The van der Waals surface area contributed by atoms with E-state index in [-0.39, 0.29) is 11.9 Å². The third-order valence-corrected chi connectivity index (χ3v) is 3.56. The molecule has 0 aliphatic carbocycles. The van der Waals surface area contributed by atoms with Gasteiger partial charge in [-0.15, -0.1) is 0 Å². The highest BCUT2D eigenvalue weighted by atomic mass is 19.1. The lowest BCUT2D eigenvalue weighted by Crippen LogP contribution is -2.15. The molecule has 0 bridgehead atoms. The van der Waals surface area contributed by atoms with Gasteiger partial charge in [0.05, 0.1) is 24.5 Å². The Labute approximate surface area is 122 Å². The number of phenols is 1. The van der Waals surface area contributed by atoms with Crippen LogP contribution in [-0.4, -0.2) is 27.6 Å². The molecular weight excluding hydrogens is 273 g/mol. The quantitative estimate of drug-likeness (QED) is 0.888. The summed E-state index contributed by atoms with van der Waals surface area (Å²) in [5, 5.41) is 16.6. The van der Waals surface area contributed by atoms with Crippen LogP contribution in [0.2, 0.25) is 0 Å². The van der Waals surface area contributed by atoms with Crippen LogP contribution in [-0.2, 0) is 17.8 Å². The number of ether oxygens (including phenoxy) is 1. The molecule has 1 unspecified atom stereocenters. The van der Waals surface area contributed by atoms with E-state index < -0.39 is 5.82 Å². The Morgan fingerprint density at radius 1 is 1.48 bits per heavy atom. The van der Waals surface area contributed by atoms with Crippen LogP contribution in [0.5, 0.6) is 5.75 Å². The third kappa shape index (κ3) is 3.52. The standard InChI is InChI=1S/C15H18FN3O2/c16-14-6-11(3-4-15(14)20)7-17-12-8-18-19(9-12)10-13-2-1-5-21-13/h3-4,6,8-9,13,17,20H,1-2,5,7,10H2. The molecule has 5 nitrogen and oxygen atoms in total. The zero-order valence-corrected chi connectivity index (χ0v) is 11.6. The minimum atomic E-state index is -0.608. The van der Waals surface area contributed by atoms with Crippen LogP contribution in [0.25, 0.3) is 0 Å². The highest BCUT2D eigenvalue weighted by Gasteiger charge is 2.16. The summed E-state index contributed by atoms with van der Waals surface area (Å²) in [5.74, 6) is -0.938. The Kier molecular flexibility index (Phi) is 4.06. The van der Waals surface area contributed by atoms with Crippen molar-refractivity contribution >= 4 is 5.69 Å². The molecule has 2 heterocycles. The molecule has 112 valence electrons. The molecule has 21 heavy (non-hydrogen) atoms. The Morgan fingerprint density at radius 2 is 2.38 bits per heavy atom. The summed E-state index contributed by atoms with van der Waals surface area (Å²) in [6.07, 6.45) is 6.10. The van der Waals surface area contributed by atoms with Crippen LogP contribution >= 0.6 is 0 Å². The maximum absolute atomic E-state index is 13.2. The minimum Gasteiger partial charge on any atom is -0.505 e. The number of aromatic nitrogens is 2. The zero-order valence-electron chi connectivity index (χ0n) is 11.6. The van der Waals surface area contributed by atoms with Gasteiger partial charge in [-0.3, -0.25) is 4.68 Å². The lowest BCUT2D eigenvalue weighted by atomic mass is 10.2. The number of phenolic OH excluding ortho intramolecular Hbond substituents is 1. The molecule has 1 fully saturated rings. The maximum Gasteiger partial charge on any atom is 0.165 e. The number of aromatic hydroxyl groups is 1. The van der Waals surface area contributed by atoms with Crippen molar-refractivity contribution in [3.63, 3.8) is 0 Å². The van der Waals surface area contributed by atoms with E-state index in [1.54, 1.807) is 12.3 Å². The van der Waals surface area contributed by atoms with Crippen molar-refractivity contribution in [3.8, 4) is 5.75 Å². The van der Waals surface area contributed by atoms with Crippen molar-refractivity contribution in [2.24, 2.45) is 0 Å². The summed E-state index contributed by atoms with van der Waals surface area (Å²) in [6, 6.07) is 4.36. The van der Waals surface area contributed by atoms with Gasteiger partial charge in [-0.1, -0.05) is 6.07 Å². The van der Waals surface area contributed by atoms with Gasteiger partial charge in [-0.05, 0) is 30.5 Å². The molecule has 3 rings (SSSR count). The van der Waals surface area contributed by atoms with Crippen LogP contribution in [0.15, 0.2) is 30.6 Å². The van der Waals surface area contributed by atoms with Crippen LogP contribution < -0.4 is 5.32 Å². The van der Waals surface area contributed by atoms with Gasteiger partial charge in [-0.2, -0.15) is 5.10 Å². The second-order valence-corrected chi connectivity index (χ2v) is 5.23. The summed E-state index contributed by atoms with van der Waals surface area (Å²) in [6.45, 7) is 2.07. The topological polar surface area (TPSA) is 59.3 Å². The van der Waals surface area contributed by atoms with E-state index in [0.29, 0.717) is 6.54 Å². The van der Waals surface area contributed by atoms with Gasteiger partial charge in [0.25, 0.3) is 0 Å². The van der Waals surface area contributed by atoms with Gasteiger partial charge in [0, 0.05) is 19.3 Å². The van der Waals surface area contributed by atoms with Crippen LogP contribution in [0.3, 0.4) is 0 Å². The Bertz CT molecular complexity index is 609. The van der Waals surface area contributed by atoms with Gasteiger partial charge in [0.1, 0.15) is 0 Å². The smallest absolute Gasteiger partial charge is 0.165 e. The number of hydrogen-bond acceptors (Lipinski definition) is 4. The summed E-state index contributed by atoms with van der Waals surface area (Å²) in [5.41, 5.74) is 1.64. The summed E-state index contributed by atoms with van der Waals surface area (Å²) in [4.78, 5) is 0. The third-order valence-electron chi connectivity index (χ3n) is 3.56. The average molecular weight is 291 g/mol. The zero-order chi connectivity index (χ0) is 14.7. The fourth-order valence-electron chi connectivity index (χ4n) is 2.42. The molecule has 0 radical (unpaired) electrons. The molecule has 0 saturated carbocycles. The van der Waals surface area contributed by atoms with Crippen LogP contribution in [0.4, 0.5) is 10.1 Å². The first-order chi connectivity index (χ1) is 10.2. The average Bonchev–Trinajstić information content (AvgIpc) is 3.13. The molecule has 2 N–H and O–H groups in total. The van der Waals surface area contributed by atoms with Crippen LogP contribution in [0, 0.1) is 5.82 Å². The molecule has 1 saturated heterocycles. The van der Waals surface area contributed by atoms with Crippen molar-refractivity contribution in [1.29, 1.82) is 0 Å². The van der Waals surface area contributed by atoms with E-state index >= 15 is 0 Å². The molecule has 2 aromatic rings. The molecule has 1 atom stereocenters. The molecule has 1 aromatic carbocycles. The minimum absolute atomic E-state index is 0.254. The molecule has 1 aliphatic rings. The van der Waals surface area contributed by atoms with Gasteiger partial charge < -0.3 is 15.2 Å². The SMILES string of the molecule is Oc1ccc(CNc2cnn(CC3CCCO3)c2)cc1F. The lowest BCUT2D eigenvalue weighted by molar-refractivity contribution is 0.0940. The number of nitrogens with zero attached hydrogens (tertiary/aromatic N) is 2. The van der Waals surface area contributed by atoms with Gasteiger partial charge in [-0.25, -0.2) is 4.39 Å². The predicted octanol–water partition coefficient (Wildman–Crippen LogP) is 2.52. The second-order valence-electron chi connectivity index (χ2n) is 5.23. The molecule has 1 aromatic heterocycles. The second kappa shape index (κ2) is 6.13. The van der Waals surface area contributed by atoms with Crippen molar-refractivity contribution in [3.05, 3.63) is 42.0 Å². The molecule has 6 heteroatoms. The van der Waals surface area contributed by atoms with Gasteiger partial charge in [0.2, 0.25) is 0 Å². The largest absolute Gasteiger partial charge is 0.505 e. The van der Waals surface area contributed by atoms with E-state index in [2.05, 4.69) is 10.4 Å². The highest BCUT2D eigenvalue weighted by molar-refractivity contribution is 5.40. The van der Waals surface area contributed by atoms with Gasteiger partial charge in [0.15, 0.2) is 11.6 Å². The normalized spacial score (nSPS) is 18.0. The van der Waals surface area contributed by atoms with Crippen molar-refractivity contribution in [1.82, 2.24) is 9.78 Å². The molecule has 0 spiro atoms. The van der Waals surface area contributed by atoms with E-state index in [1.807, 2.05) is 10.9 Å².